The molecule has 0 fully saturated rings. The van der Waals surface area contributed by atoms with Crippen LogP contribution in [-0.4, -0.2) is 12.3 Å². The standard InChI is InChI=1S/C15H12BrCl2NS/c16-11-5-6-12(15(18)14(11)17)19-7-9-8-20-13-4-2-1-3-10(9)13/h1-6,9,19H,7-8H2. The smallest absolute Gasteiger partial charge is 0.0835 e. The van der Waals surface area contributed by atoms with Crippen LogP contribution in [0.1, 0.15) is 11.5 Å². The maximum Gasteiger partial charge on any atom is 0.0835 e. The van der Waals surface area contributed by atoms with Crippen LogP contribution in [0.2, 0.25) is 10.0 Å². The molecule has 0 amide bonds. The van der Waals surface area contributed by atoms with Gasteiger partial charge < -0.3 is 5.32 Å². The van der Waals surface area contributed by atoms with E-state index in [1.807, 2.05) is 23.9 Å². The fourth-order valence-electron chi connectivity index (χ4n) is 2.29. The average molecular weight is 389 g/mol. The maximum absolute atomic E-state index is 6.25. The van der Waals surface area contributed by atoms with Crippen LogP contribution in [0, 0.1) is 0 Å². The number of benzene rings is 2. The minimum absolute atomic E-state index is 0.509. The van der Waals surface area contributed by atoms with E-state index in [1.165, 1.54) is 10.5 Å². The Hall–Kier alpha value is -0.350. The van der Waals surface area contributed by atoms with Gasteiger partial charge in [0.15, 0.2) is 0 Å². The lowest BCUT2D eigenvalue weighted by Gasteiger charge is -2.15. The molecular weight excluding hydrogens is 377 g/mol. The highest BCUT2D eigenvalue weighted by atomic mass is 79.9. The number of nitrogens with one attached hydrogen (secondary N) is 1. The second kappa shape index (κ2) is 6.18. The highest BCUT2D eigenvalue weighted by Gasteiger charge is 2.22. The molecule has 0 saturated heterocycles. The second-order valence-corrected chi connectivity index (χ2v) is 7.32. The van der Waals surface area contributed by atoms with Gasteiger partial charge in [-0.1, -0.05) is 41.4 Å². The molecule has 2 aromatic rings. The van der Waals surface area contributed by atoms with Gasteiger partial charge in [0.2, 0.25) is 0 Å². The molecule has 2 aromatic carbocycles. The van der Waals surface area contributed by atoms with Gasteiger partial charge in [0.1, 0.15) is 0 Å². The third kappa shape index (κ3) is 2.82. The average Bonchev–Trinajstić information content (AvgIpc) is 2.87. The van der Waals surface area contributed by atoms with Crippen molar-refractivity contribution in [3.63, 3.8) is 0 Å². The zero-order chi connectivity index (χ0) is 14.1. The molecule has 1 heterocycles. The maximum atomic E-state index is 6.25. The van der Waals surface area contributed by atoms with Crippen molar-refractivity contribution in [1.29, 1.82) is 0 Å². The van der Waals surface area contributed by atoms with Crippen molar-refractivity contribution in [2.24, 2.45) is 0 Å². The van der Waals surface area contributed by atoms with E-state index in [-0.39, 0.29) is 0 Å². The molecule has 1 nitrogen and oxygen atoms in total. The molecule has 1 unspecified atom stereocenters. The summed E-state index contributed by atoms with van der Waals surface area (Å²) < 4.78 is 0.816. The minimum atomic E-state index is 0.509. The molecule has 0 radical (unpaired) electrons. The Morgan fingerprint density at radius 1 is 1.15 bits per heavy atom. The van der Waals surface area contributed by atoms with Crippen LogP contribution in [0.25, 0.3) is 0 Å². The third-order valence-electron chi connectivity index (χ3n) is 3.37. The molecule has 1 N–H and O–H groups in total. The Labute approximate surface area is 141 Å². The van der Waals surface area contributed by atoms with E-state index in [0.717, 1.165) is 22.5 Å². The van der Waals surface area contributed by atoms with Crippen molar-refractivity contribution in [3.05, 3.63) is 56.5 Å². The highest BCUT2D eigenvalue weighted by molar-refractivity contribution is 9.10. The minimum Gasteiger partial charge on any atom is -0.383 e. The van der Waals surface area contributed by atoms with Crippen LogP contribution >= 0.6 is 50.9 Å². The van der Waals surface area contributed by atoms with Crippen LogP contribution in [0.3, 0.4) is 0 Å². The summed E-state index contributed by atoms with van der Waals surface area (Å²) in [4.78, 5) is 1.39. The number of rotatable bonds is 3. The Morgan fingerprint density at radius 3 is 2.80 bits per heavy atom. The Kier molecular flexibility index (Phi) is 4.51. The molecule has 5 heteroatoms. The van der Waals surface area contributed by atoms with Gasteiger partial charge >= 0.3 is 0 Å². The molecular formula is C15H12BrCl2NS. The SMILES string of the molecule is Clc1c(Br)ccc(NCC2CSc3ccccc32)c1Cl. The summed E-state index contributed by atoms with van der Waals surface area (Å²) >= 11 is 17.7. The lowest BCUT2D eigenvalue weighted by atomic mass is 10.0. The predicted molar refractivity (Wildman–Crippen MR) is 92.6 cm³/mol. The first-order valence-electron chi connectivity index (χ1n) is 6.26. The van der Waals surface area contributed by atoms with E-state index < -0.39 is 0 Å². The van der Waals surface area contributed by atoms with Crippen LogP contribution in [0.4, 0.5) is 5.69 Å². The van der Waals surface area contributed by atoms with Crippen molar-refractivity contribution >= 4 is 56.6 Å². The van der Waals surface area contributed by atoms with Gasteiger partial charge in [0.25, 0.3) is 0 Å². The summed E-state index contributed by atoms with van der Waals surface area (Å²) in [5.74, 6) is 1.61. The summed E-state index contributed by atoms with van der Waals surface area (Å²) in [6, 6.07) is 12.4. The normalized spacial score (nSPS) is 17.1. The Morgan fingerprint density at radius 2 is 1.95 bits per heavy atom. The van der Waals surface area contributed by atoms with Gasteiger partial charge in [-0.25, -0.2) is 0 Å². The summed E-state index contributed by atoms with van der Waals surface area (Å²) in [7, 11) is 0. The number of hydrogen-bond donors (Lipinski definition) is 1. The summed E-state index contributed by atoms with van der Waals surface area (Å²) in [6.07, 6.45) is 0. The van der Waals surface area contributed by atoms with Gasteiger partial charge in [0, 0.05) is 27.6 Å². The number of anilines is 1. The summed E-state index contributed by atoms with van der Waals surface area (Å²) in [6.45, 7) is 0.863. The molecule has 0 saturated carbocycles. The zero-order valence-electron chi connectivity index (χ0n) is 10.5. The predicted octanol–water partition coefficient (Wildman–Crippen LogP) is 6.06. The number of hydrogen-bond acceptors (Lipinski definition) is 2. The van der Waals surface area contributed by atoms with Crippen molar-refractivity contribution in [2.45, 2.75) is 10.8 Å². The molecule has 0 aromatic heterocycles. The van der Waals surface area contributed by atoms with Crippen LogP contribution < -0.4 is 5.32 Å². The van der Waals surface area contributed by atoms with E-state index in [2.05, 4.69) is 45.5 Å². The largest absolute Gasteiger partial charge is 0.383 e. The number of fused-ring (bicyclic) bond motifs is 1. The van der Waals surface area contributed by atoms with Gasteiger partial charge in [-0.05, 0) is 39.7 Å². The van der Waals surface area contributed by atoms with E-state index in [1.54, 1.807) is 0 Å². The molecule has 0 aliphatic carbocycles. The first-order chi connectivity index (χ1) is 9.66. The molecule has 1 aliphatic rings. The molecule has 0 spiro atoms. The van der Waals surface area contributed by atoms with Crippen molar-refractivity contribution < 1.29 is 0 Å². The second-order valence-electron chi connectivity index (χ2n) is 4.65. The quantitative estimate of drug-likeness (QED) is 0.641. The van der Waals surface area contributed by atoms with E-state index in [4.69, 9.17) is 23.2 Å². The fourth-order valence-corrected chi connectivity index (χ4v) is 4.39. The molecule has 0 bridgehead atoms. The summed E-state index contributed by atoms with van der Waals surface area (Å²) in [5, 5.41) is 4.54. The van der Waals surface area contributed by atoms with Crippen LogP contribution in [0.5, 0.6) is 0 Å². The fraction of sp³-hybridized carbons (Fsp3) is 0.200. The van der Waals surface area contributed by atoms with Crippen molar-refractivity contribution in [3.8, 4) is 0 Å². The van der Waals surface area contributed by atoms with Gasteiger partial charge in [0.05, 0.1) is 15.7 Å². The Bertz CT molecular complexity index is 648. The zero-order valence-corrected chi connectivity index (χ0v) is 14.4. The number of halogens is 3. The van der Waals surface area contributed by atoms with Gasteiger partial charge in [-0.2, -0.15) is 0 Å². The third-order valence-corrected chi connectivity index (χ3v) is 6.40. The molecule has 1 aliphatic heterocycles. The molecule has 20 heavy (non-hydrogen) atoms. The van der Waals surface area contributed by atoms with Gasteiger partial charge in [-0.15, -0.1) is 11.8 Å². The molecule has 1 atom stereocenters. The van der Waals surface area contributed by atoms with E-state index >= 15 is 0 Å². The first-order valence-corrected chi connectivity index (χ1v) is 8.79. The van der Waals surface area contributed by atoms with E-state index in [9.17, 15) is 0 Å². The van der Waals surface area contributed by atoms with Crippen molar-refractivity contribution in [1.82, 2.24) is 0 Å². The van der Waals surface area contributed by atoms with Crippen LogP contribution in [-0.2, 0) is 0 Å². The molecule has 104 valence electrons. The lowest BCUT2D eigenvalue weighted by molar-refractivity contribution is 0.819. The Balaban J connectivity index is 1.74. The monoisotopic (exact) mass is 387 g/mol. The van der Waals surface area contributed by atoms with Crippen molar-refractivity contribution in [2.75, 3.05) is 17.6 Å². The van der Waals surface area contributed by atoms with Crippen LogP contribution in [0.15, 0.2) is 45.8 Å². The summed E-state index contributed by atoms with van der Waals surface area (Å²) in [5.41, 5.74) is 2.30. The molecule has 3 rings (SSSR count). The first kappa shape index (κ1) is 14.6. The highest BCUT2D eigenvalue weighted by Crippen LogP contribution is 2.40. The van der Waals surface area contributed by atoms with Gasteiger partial charge in [-0.3, -0.25) is 0 Å². The lowest BCUT2D eigenvalue weighted by Crippen LogP contribution is -2.12. The van der Waals surface area contributed by atoms with E-state index in [0.29, 0.717) is 16.0 Å². The topological polar surface area (TPSA) is 12.0 Å². The number of thioether (sulfide) groups is 1.